The van der Waals surface area contributed by atoms with Crippen LogP contribution in [0.2, 0.25) is 5.02 Å². The zero-order chi connectivity index (χ0) is 18.9. The molecule has 7 heteroatoms. The second kappa shape index (κ2) is 7.29. The van der Waals surface area contributed by atoms with Crippen LogP contribution in [0.1, 0.15) is 17.5 Å². The normalized spacial score (nSPS) is 17.3. The molecule has 1 saturated heterocycles. The van der Waals surface area contributed by atoms with E-state index in [2.05, 4.69) is 5.32 Å². The molecule has 138 valence electrons. The number of hydrogen-bond acceptors (Lipinski definition) is 3. The topological polar surface area (TPSA) is 66.5 Å². The highest BCUT2D eigenvalue weighted by molar-refractivity contribution is 7.92. The van der Waals surface area contributed by atoms with Gasteiger partial charge in [-0.3, -0.25) is 0 Å². The van der Waals surface area contributed by atoms with E-state index in [1.54, 1.807) is 17.0 Å². The van der Waals surface area contributed by atoms with Gasteiger partial charge in [-0.25, -0.2) is 13.2 Å². The Morgan fingerprint density at radius 1 is 1.12 bits per heavy atom. The molecular formula is C19H21ClN2O3S. The van der Waals surface area contributed by atoms with Crippen LogP contribution in [-0.4, -0.2) is 37.7 Å². The monoisotopic (exact) mass is 392 g/mol. The molecule has 0 aromatic heterocycles. The van der Waals surface area contributed by atoms with E-state index in [-0.39, 0.29) is 17.5 Å². The van der Waals surface area contributed by atoms with Gasteiger partial charge in [-0.15, -0.1) is 0 Å². The quantitative estimate of drug-likeness (QED) is 0.857. The van der Waals surface area contributed by atoms with Crippen LogP contribution in [0.15, 0.2) is 47.4 Å². The molecule has 0 unspecified atom stereocenters. The van der Waals surface area contributed by atoms with Gasteiger partial charge in [0.1, 0.15) is 0 Å². The van der Waals surface area contributed by atoms with Crippen LogP contribution in [0, 0.1) is 13.8 Å². The minimum atomic E-state index is -3.49. The summed E-state index contributed by atoms with van der Waals surface area (Å²) in [5.74, 6) is 0. The molecule has 0 bridgehead atoms. The summed E-state index contributed by atoms with van der Waals surface area (Å²) < 4.78 is 25.5. The van der Waals surface area contributed by atoms with Crippen LogP contribution >= 0.6 is 11.6 Å². The second-order valence-electron chi connectivity index (χ2n) is 6.58. The number of amides is 2. The molecular weight excluding hydrogens is 372 g/mol. The summed E-state index contributed by atoms with van der Waals surface area (Å²) in [6.07, 6.45) is 0.422. The molecule has 5 nitrogen and oxygen atoms in total. The molecule has 1 heterocycles. The Morgan fingerprint density at radius 2 is 1.81 bits per heavy atom. The summed E-state index contributed by atoms with van der Waals surface area (Å²) in [6.45, 7) is 4.58. The maximum atomic E-state index is 12.8. The summed E-state index contributed by atoms with van der Waals surface area (Å²) in [4.78, 5) is 14.3. The predicted molar refractivity (Wildman–Crippen MR) is 104 cm³/mol. The fourth-order valence-corrected chi connectivity index (χ4v) is 4.82. The van der Waals surface area contributed by atoms with Gasteiger partial charge < -0.3 is 10.2 Å². The largest absolute Gasteiger partial charge is 0.323 e. The van der Waals surface area contributed by atoms with E-state index >= 15 is 0 Å². The van der Waals surface area contributed by atoms with Gasteiger partial charge in [0, 0.05) is 23.8 Å². The number of carbonyl (C=O) groups excluding carboxylic acids is 1. The molecule has 0 radical (unpaired) electrons. The lowest BCUT2D eigenvalue weighted by atomic mass is 10.1. The van der Waals surface area contributed by atoms with Gasteiger partial charge in [0.15, 0.2) is 9.84 Å². The van der Waals surface area contributed by atoms with Gasteiger partial charge in [-0.05, 0) is 67.8 Å². The van der Waals surface area contributed by atoms with Gasteiger partial charge in [0.2, 0.25) is 0 Å². The molecule has 2 amide bonds. The van der Waals surface area contributed by atoms with Crippen LogP contribution in [0.25, 0.3) is 0 Å². The Kier molecular flexibility index (Phi) is 5.25. The first-order valence-electron chi connectivity index (χ1n) is 8.40. The van der Waals surface area contributed by atoms with Gasteiger partial charge in [-0.2, -0.15) is 0 Å². The number of rotatable bonds is 3. The van der Waals surface area contributed by atoms with Crippen molar-refractivity contribution in [3.63, 3.8) is 0 Å². The highest BCUT2D eigenvalue weighted by Gasteiger charge is 2.36. The van der Waals surface area contributed by atoms with Crippen molar-refractivity contribution in [2.45, 2.75) is 30.4 Å². The van der Waals surface area contributed by atoms with Crippen molar-refractivity contribution in [3.05, 3.63) is 58.6 Å². The number of halogens is 1. The minimum absolute atomic E-state index is 0.182. The van der Waals surface area contributed by atoms with Crippen molar-refractivity contribution < 1.29 is 13.2 Å². The smallest absolute Gasteiger partial charge is 0.321 e. The van der Waals surface area contributed by atoms with E-state index < -0.39 is 15.1 Å². The first-order valence-corrected chi connectivity index (χ1v) is 10.3. The lowest BCUT2D eigenvalue weighted by Crippen LogP contribution is -2.35. The summed E-state index contributed by atoms with van der Waals surface area (Å²) in [5, 5.41) is 2.73. The molecule has 1 atom stereocenters. The average Bonchev–Trinajstić information content (AvgIpc) is 3.10. The number of aryl methyl sites for hydroxylation is 2. The molecule has 2 aromatic rings. The molecule has 1 aliphatic heterocycles. The van der Waals surface area contributed by atoms with Crippen molar-refractivity contribution in [1.29, 1.82) is 0 Å². The van der Waals surface area contributed by atoms with E-state index in [0.717, 1.165) is 11.1 Å². The number of sulfone groups is 1. The highest BCUT2D eigenvalue weighted by atomic mass is 35.5. The molecule has 1 fully saturated rings. The third-order valence-electron chi connectivity index (χ3n) is 4.77. The standard InChI is InChI=1S/C19H21ClN2O3S/c1-13-3-6-16(11-14(13)2)21-19(23)22-10-9-18(12-22)26(24,25)17-7-4-15(20)5-8-17/h3-8,11,18H,9-10,12H2,1-2H3,(H,21,23)/t18-/m1/s1. The van der Waals surface area contributed by atoms with Crippen LogP contribution in [-0.2, 0) is 9.84 Å². The van der Waals surface area contributed by atoms with E-state index in [4.69, 9.17) is 11.6 Å². The van der Waals surface area contributed by atoms with E-state index in [1.165, 1.54) is 12.1 Å². The van der Waals surface area contributed by atoms with Gasteiger partial charge in [0.05, 0.1) is 10.1 Å². The van der Waals surface area contributed by atoms with Gasteiger partial charge in [0.25, 0.3) is 0 Å². The average molecular weight is 393 g/mol. The summed E-state index contributed by atoms with van der Waals surface area (Å²) >= 11 is 5.83. The molecule has 0 aliphatic carbocycles. The number of nitrogens with zero attached hydrogens (tertiary/aromatic N) is 1. The Bertz CT molecular complexity index is 926. The van der Waals surface area contributed by atoms with Crippen LogP contribution in [0.5, 0.6) is 0 Å². The highest BCUT2D eigenvalue weighted by Crippen LogP contribution is 2.25. The van der Waals surface area contributed by atoms with Crippen molar-refractivity contribution in [1.82, 2.24) is 4.90 Å². The Balaban J connectivity index is 1.68. The number of hydrogen-bond donors (Lipinski definition) is 1. The lowest BCUT2D eigenvalue weighted by Gasteiger charge is -2.18. The predicted octanol–water partition coefficient (Wildman–Crippen LogP) is 4.04. The molecule has 1 aliphatic rings. The Hall–Kier alpha value is -2.05. The molecule has 2 aromatic carbocycles. The fourth-order valence-electron chi connectivity index (χ4n) is 3.00. The van der Waals surface area contributed by atoms with E-state index in [0.29, 0.717) is 23.7 Å². The third-order valence-corrected chi connectivity index (χ3v) is 7.22. The number of benzene rings is 2. The zero-order valence-electron chi connectivity index (χ0n) is 14.7. The third kappa shape index (κ3) is 3.86. The van der Waals surface area contributed by atoms with E-state index in [1.807, 2.05) is 32.0 Å². The molecule has 0 spiro atoms. The number of anilines is 1. The maximum Gasteiger partial charge on any atom is 0.321 e. The van der Waals surface area contributed by atoms with E-state index in [9.17, 15) is 13.2 Å². The van der Waals surface area contributed by atoms with Crippen LogP contribution in [0.4, 0.5) is 10.5 Å². The van der Waals surface area contributed by atoms with Crippen molar-refractivity contribution in [2.75, 3.05) is 18.4 Å². The zero-order valence-corrected chi connectivity index (χ0v) is 16.3. The van der Waals surface area contributed by atoms with Gasteiger partial charge >= 0.3 is 6.03 Å². The summed E-state index contributed by atoms with van der Waals surface area (Å²) in [5.41, 5.74) is 2.95. The fraction of sp³-hybridized carbons (Fsp3) is 0.316. The molecule has 0 saturated carbocycles. The van der Waals surface area contributed by atoms with Crippen molar-refractivity contribution >= 4 is 33.2 Å². The first-order chi connectivity index (χ1) is 12.3. The van der Waals surface area contributed by atoms with Gasteiger partial charge in [-0.1, -0.05) is 17.7 Å². The first kappa shape index (κ1) is 18.7. The lowest BCUT2D eigenvalue weighted by molar-refractivity contribution is 0.222. The summed E-state index contributed by atoms with van der Waals surface area (Å²) in [6, 6.07) is 11.6. The second-order valence-corrected chi connectivity index (χ2v) is 9.25. The number of likely N-dealkylation sites (tertiary alicyclic amines) is 1. The van der Waals surface area contributed by atoms with Crippen molar-refractivity contribution in [3.8, 4) is 0 Å². The molecule has 26 heavy (non-hydrogen) atoms. The Morgan fingerprint density at radius 3 is 2.46 bits per heavy atom. The Labute approximate surface area is 158 Å². The number of nitrogens with one attached hydrogen (secondary N) is 1. The summed E-state index contributed by atoms with van der Waals surface area (Å²) in [7, 11) is -3.49. The molecule has 1 N–H and O–H groups in total. The maximum absolute atomic E-state index is 12.8. The SMILES string of the molecule is Cc1ccc(NC(=O)N2CC[C@@H](S(=O)(=O)c3ccc(Cl)cc3)C2)cc1C. The van der Waals surface area contributed by atoms with Crippen LogP contribution in [0.3, 0.4) is 0 Å². The van der Waals surface area contributed by atoms with Crippen LogP contribution < -0.4 is 5.32 Å². The molecule has 3 rings (SSSR count). The minimum Gasteiger partial charge on any atom is -0.323 e. The number of carbonyl (C=O) groups is 1. The number of urea groups is 1. The van der Waals surface area contributed by atoms with Crippen molar-refractivity contribution in [2.24, 2.45) is 0 Å².